The van der Waals surface area contributed by atoms with Crippen LogP contribution < -0.4 is 16.4 Å². The van der Waals surface area contributed by atoms with E-state index >= 15 is 0 Å². The molecule has 1 fully saturated rings. The van der Waals surface area contributed by atoms with Gasteiger partial charge in [-0.2, -0.15) is 0 Å². The lowest BCUT2D eigenvalue weighted by Gasteiger charge is -2.05. The molecule has 1 amide bonds. The number of ether oxygens (including phenoxy) is 1. The van der Waals surface area contributed by atoms with E-state index in [0.717, 1.165) is 6.54 Å². The second-order valence-corrected chi connectivity index (χ2v) is 5.88. The van der Waals surface area contributed by atoms with Gasteiger partial charge < -0.3 is 21.1 Å². The molecule has 1 aromatic rings. The second-order valence-electron chi connectivity index (χ2n) is 4.86. The molecular weight excluding hydrogens is 290 g/mol. The molecule has 1 aliphatic carbocycles. The van der Waals surface area contributed by atoms with Crippen LogP contribution in [0.2, 0.25) is 0 Å². The van der Waals surface area contributed by atoms with Gasteiger partial charge in [0.25, 0.3) is 5.91 Å². The van der Waals surface area contributed by atoms with Gasteiger partial charge >= 0.3 is 5.97 Å². The van der Waals surface area contributed by atoms with Crippen LogP contribution in [0, 0.1) is 5.92 Å². The smallest absolute Gasteiger partial charge is 0.343 e. The minimum absolute atomic E-state index is 0.159. The molecule has 0 unspecified atom stereocenters. The molecule has 0 aromatic carbocycles. The molecule has 1 heterocycles. The number of thiophene rings is 1. The lowest BCUT2D eigenvalue weighted by molar-refractivity contribution is 0.0603. The lowest BCUT2D eigenvalue weighted by Crippen LogP contribution is -2.23. The van der Waals surface area contributed by atoms with Crippen molar-refractivity contribution in [3.63, 3.8) is 0 Å². The first-order valence-corrected chi connectivity index (χ1v) is 7.53. The van der Waals surface area contributed by atoms with Crippen molar-refractivity contribution in [2.45, 2.75) is 12.8 Å². The third kappa shape index (κ3) is 3.55. The van der Waals surface area contributed by atoms with Crippen LogP contribution in [0.4, 0.5) is 10.7 Å². The number of esters is 1. The molecule has 1 aromatic heterocycles. The molecule has 21 heavy (non-hydrogen) atoms. The summed E-state index contributed by atoms with van der Waals surface area (Å²) >= 11 is 1.17. The van der Waals surface area contributed by atoms with E-state index in [4.69, 9.17) is 10.5 Å². The summed E-state index contributed by atoms with van der Waals surface area (Å²) in [6.45, 7) is 4.66. The van der Waals surface area contributed by atoms with Gasteiger partial charge in [-0.1, -0.05) is 6.08 Å². The summed E-state index contributed by atoms with van der Waals surface area (Å²) in [5.41, 5.74) is 6.36. The van der Waals surface area contributed by atoms with Gasteiger partial charge in [-0.15, -0.1) is 17.9 Å². The predicted molar refractivity (Wildman–Crippen MR) is 83.8 cm³/mol. The van der Waals surface area contributed by atoms with Crippen molar-refractivity contribution in [2.75, 3.05) is 31.2 Å². The molecule has 0 aliphatic heterocycles. The zero-order valence-corrected chi connectivity index (χ0v) is 12.7. The molecule has 0 saturated heterocycles. The maximum Gasteiger partial charge on any atom is 0.343 e. The average molecular weight is 309 g/mol. The third-order valence-electron chi connectivity index (χ3n) is 3.20. The lowest BCUT2D eigenvalue weighted by atomic mass is 10.2. The Morgan fingerprint density at radius 3 is 2.81 bits per heavy atom. The monoisotopic (exact) mass is 309 g/mol. The van der Waals surface area contributed by atoms with Crippen LogP contribution in [0.5, 0.6) is 0 Å². The van der Waals surface area contributed by atoms with Gasteiger partial charge in [-0.05, 0) is 18.8 Å². The van der Waals surface area contributed by atoms with E-state index in [9.17, 15) is 9.59 Å². The summed E-state index contributed by atoms with van der Waals surface area (Å²) in [5.74, 6) is -0.219. The Balaban J connectivity index is 2.25. The highest BCUT2D eigenvalue weighted by Crippen LogP contribution is 2.37. The number of nitrogens with one attached hydrogen (secondary N) is 2. The number of hydrogen-bond donors (Lipinski definition) is 3. The quantitative estimate of drug-likeness (QED) is 0.528. The van der Waals surface area contributed by atoms with Gasteiger partial charge in [0.2, 0.25) is 0 Å². The van der Waals surface area contributed by atoms with Gasteiger partial charge in [0.1, 0.15) is 15.4 Å². The number of methoxy groups -OCH3 is 1. The van der Waals surface area contributed by atoms with Crippen LogP contribution in [-0.4, -0.2) is 32.1 Å². The van der Waals surface area contributed by atoms with Crippen molar-refractivity contribution < 1.29 is 14.3 Å². The van der Waals surface area contributed by atoms with Gasteiger partial charge in [0.15, 0.2) is 0 Å². The van der Waals surface area contributed by atoms with Crippen molar-refractivity contribution >= 4 is 33.9 Å². The van der Waals surface area contributed by atoms with Crippen LogP contribution in [0.3, 0.4) is 0 Å². The fraction of sp³-hybridized carbons (Fsp3) is 0.429. The maximum absolute atomic E-state index is 12.0. The summed E-state index contributed by atoms with van der Waals surface area (Å²) in [7, 11) is 1.29. The largest absolute Gasteiger partial charge is 0.465 e. The predicted octanol–water partition coefficient (Wildman–Crippen LogP) is 1.85. The number of rotatable bonds is 7. The Hall–Kier alpha value is -2.02. The highest BCUT2D eigenvalue weighted by Gasteiger charge is 2.27. The van der Waals surface area contributed by atoms with Crippen molar-refractivity contribution in [1.29, 1.82) is 0 Å². The molecular formula is C14H19N3O3S. The van der Waals surface area contributed by atoms with Crippen molar-refractivity contribution in [2.24, 2.45) is 5.92 Å². The van der Waals surface area contributed by atoms with Crippen LogP contribution in [0.25, 0.3) is 0 Å². The average Bonchev–Trinajstić information content (AvgIpc) is 3.25. The Kier molecular flexibility index (Phi) is 4.85. The Morgan fingerprint density at radius 1 is 1.52 bits per heavy atom. The fourth-order valence-corrected chi connectivity index (χ4v) is 2.88. The molecule has 2 rings (SSSR count). The molecule has 114 valence electrons. The normalized spacial score (nSPS) is 13.6. The van der Waals surface area contributed by atoms with E-state index < -0.39 is 5.97 Å². The van der Waals surface area contributed by atoms with E-state index in [-0.39, 0.29) is 17.2 Å². The van der Waals surface area contributed by atoms with Crippen LogP contribution >= 0.6 is 11.3 Å². The Bertz CT molecular complexity index is 564. The molecule has 7 heteroatoms. The van der Waals surface area contributed by atoms with E-state index in [1.807, 2.05) is 0 Å². The van der Waals surface area contributed by atoms with E-state index in [1.165, 1.54) is 31.3 Å². The highest BCUT2D eigenvalue weighted by atomic mass is 32.1. The summed E-state index contributed by atoms with van der Waals surface area (Å²) in [6, 6.07) is 0. The third-order valence-corrected chi connectivity index (χ3v) is 4.36. The molecule has 4 N–H and O–H groups in total. The molecule has 6 nitrogen and oxygen atoms in total. The van der Waals surface area contributed by atoms with Gasteiger partial charge in [-0.3, -0.25) is 4.79 Å². The topological polar surface area (TPSA) is 93.5 Å². The number of nitrogen functional groups attached to an aromatic ring is 1. The SMILES string of the molecule is C=CCNC(=O)c1sc(NCC2CC2)c(C(=O)OC)c1N. The zero-order valence-electron chi connectivity index (χ0n) is 11.9. The highest BCUT2D eigenvalue weighted by molar-refractivity contribution is 7.19. The fourth-order valence-electron chi connectivity index (χ4n) is 1.85. The number of carbonyl (C=O) groups is 2. The summed E-state index contributed by atoms with van der Waals surface area (Å²) < 4.78 is 4.75. The van der Waals surface area contributed by atoms with Gasteiger partial charge in [-0.25, -0.2) is 4.79 Å². The van der Waals surface area contributed by atoms with Gasteiger partial charge in [0.05, 0.1) is 12.8 Å². The van der Waals surface area contributed by atoms with E-state index in [2.05, 4.69) is 17.2 Å². The van der Waals surface area contributed by atoms with Gasteiger partial charge in [0, 0.05) is 13.1 Å². The molecule has 1 aliphatic rings. The van der Waals surface area contributed by atoms with E-state index in [0.29, 0.717) is 22.3 Å². The summed E-state index contributed by atoms with van der Waals surface area (Å²) in [6.07, 6.45) is 3.96. The van der Waals surface area contributed by atoms with Crippen molar-refractivity contribution in [3.05, 3.63) is 23.1 Å². The molecule has 0 bridgehead atoms. The first-order chi connectivity index (χ1) is 10.1. The molecule has 0 radical (unpaired) electrons. The zero-order chi connectivity index (χ0) is 15.4. The van der Waals surface area contributed by atoms with Crippen LogP contribution in [-0.2, 0) is 4.74 Å². The number of hydrogen-bond acceptors (Lipinski definition) is 6. The number of nitrogens with two attached hydrogens (primary N) is 1. The first kappa shape index (κ1) is 15.4. The standard InChI is InChI=1S/C14H19N3O3S/c1-3-6-16-12(18)11-10(15)9(14(19)20-2)13(21-11)17-7-8-4-5-8/h3,8,17H,1,4-7,15H2,2H3,(H,16,18). The Labute approximate surface area is 127 Å². The number of anilines is 2. The minimum atomic E-state index is -0.537. The second kappa shape index (κ2) is 6.62. The van der Waals surface area contributed by atoms with Crippen LogP contribution in [0.15, 0.2) is 12.7 Å². The first-order valence-electron chi connectivity index (χ1n) is 6.72. The van der Waals surface area contributed by atoms with Crippen molar-refractivity contribution in [3.8, 4) is 0 Å². The van der Waals surface area contributed by atoms with E-state index in [1.54, 1.807) is 6.08 Å². The molecule has 0 atom stereocenters. The molecule has 1 saturated carbocycles. The number of amides is 1. The summed E-state index contributed by atoms with van der Waals surface area (Å²) in [5, 5.41) is 6.45. The number of carbonyl (C=O) groups excluding carboxylic acids is 2. The minimum Gasteiger partial charge on any atom is -0.465 e. The van der Waals surface area contributed by atoms with Crippen molar-refractivity contribution in [1.82, 2.24) is 5.32 Å². The molecule has 0 spiro atoms. The van der Waals surface area contributed by atoms with Crippen LogP contribution in [0.1, 0.15) is 32.9 Å². The summed E-state index contributed by atoms with van der Waals surface area (Å²) in [4.78, 5) is 24.2. The maximum atomic E-state index is 12.0. The Morgan fingerprint density at radius 2 is 2.24 bits per heavy atom.